The third-order valence-corrected chi connectivity index (χ3v) is 5.68. The molecule has 0 fully saturated rings. The van der Waals surface area contributed by atoms with Gasteiger partial charge in [0.25, 0.3) is 5.69 Å². The monoisotopic (exact) mass is 379 g/mol. The molecule has 24 heavy (non-hydrogen) atoms. The van der Waals surface area contributed by atoms with Crippen LogP contribution in [-0.2, 0) is 12.8 Å². The van der Waals surface area contributed by atoms with Crippen LogP contribution in [0.4, 0.5) is 10.7 Å². The molecule has 3 rings (SSSR count). The van der Waals surface area contributed by atoms with E-state index in [4.69, 9.17) is 23.2 Å². The minimum absolute atomic E-state index is 0.0218. The maximum Gasteiger partial charge on any atom is 0.288 e. The third kappa shape index (κ3) is 3.16. The van der Waals surface area contributed by atoms with Crippen LogP contribution in [0.2, 0.25) is 10.0 Å². The maximum atomic E-state index is 11.0. The summed E-state index contributed by atoms with van der Waals surface area (Å²) in [5.74, 6) is 0. The molecule has 1 heterocycles. The van der Waals surface area contributed by atoms with E-state index < -0.39 is 4.92 Å². The molecule has 0 bridgehead atoms. The van der Waals surface area contributed by atoms with Crippen molar-refractivity contribution in [2.75, 3.05) is 0 Å². The van der Waals surface area contributed by atoms with Crippen LogP contribution in [0.15, 0.2) is 17.1 Å². The van der Waals surface area contributed by atoms with Crippen molar-refractivity contribution in [3.63, 3.8) is 0 Å². The van der Waals surface area contributed by atoms with Gasteiger partial charge < -0.3 is 0 Å². The van der Waals surface area contributed by atoms with Crippen molar-refractivity contribution in [2.24, 2.45) is 4.99 Å². The Morgan fingerprint density at radius 1 is 1.29 bits per heavy atom. The summed E-state index contributed by atoms with van der Waals surface area (Å²) in [5.41, 5.74) is 1.86. The van der Waals surface area contributed by atoms with Crippen molar-refractivity contribution >= 4 is 51.4 Å². The molecule has 122 valence electrons. The first-order valence-electron chi connectivity index (χ1n) is 7.23. The molecule has 8 heteroatoms. The summed E-state index contributed by atoms with van der Waals surface area (Å²) >= 11 is 13.4. The lowest BCUT2D eigenvalue weighted by Gasteiger charge is -2.09. The number of nitrogens with zero attached hydrogens (tertiary/aromatic N) is 3. The normalized spacial score (nSPS) is 13.7. The summed E-state index contributed by atoms with van der Waals surface area (Å²) in [6.07, 6.45) is 5.52. The van der Waals surface area contributed by atoms with Gasteiger partial charge in [0.2, 0.25) is 0 Å². The second-order valence-corrected chi connectivity index (χ2v) is 7.24. The Balaban J connectivity index is 2.00. The number of halogens is 2. The molecule has 0 spiro atoms. The summed E-state index contributed by atoms with van der Waals surface area (Å²) in [6, 6.07) is 4.84. The number of fused-ring (bicyclic) bond motifs is 1. The highest BCUT2D eigenvalue weighted by atomic mass is 35.5. The zero-order valence-electron chi connectivity index (χ0n) is 12.4. The smallest absolute Gasteiger partial charge is 0.258 e. The first-order chi connectivity index (χ1) is 11.5. The largest absolute Gasteiger partial charge is 0.288 e. The van der Waals surface area contributed by atoms with E-state index in [1.54, 1.807) is 0 Å². The van der Waals surface area contributed by atoms with Gasteiger partial charge in [0.05, 0.1) is 15.5 Å². The van der Waals surface area contributed by atoms with Crippen LogP contribution < -0.4 is 0 Å². The van der Waals surface area contributed by atoms with Crippen molar-refractivity contribution in [3.05, 3.63) is 53.9 Å². The van der Waals surface area contributed by atoms with Crippen molar-refractivity contribution in [3.8, 4) is 6.07 Å². The minimum Gasteiger partial charge on any atom is -0.258 e. The molecule has 5 nitrogen and oxygen atoms in total. The van der Waals surface area contributed by atoms with Gasteiger partial charge in [-0.1, -0.05) is 23.2 Å². The number of hydrogen-bond donors (Lipinski definition) is 0. The lowest BCUT2D eigenvalue weighted by Crippen LogP contribution is -1.99. The predicted molar refractivity (Wildman–Crippen MR) is 96.0 cm³/mol. The van der Waals surface area contributed by atoms with Crippen LogP contribution in [0.1, 0.15) is 34.4 Å². The summed E-state index contributed by atoms with van der Waals surface area (Å²) in [4.78, 5) is 16.0. The number of aliphatic imine (C=N–C) groups is 1. The number of aryl methyl sites for hydroxylation is 1. The Bertz CT molecular complexity index is 900. The van der Waals surface area contributed by atoms with Gasteiger partial charge in [-0.2, -0.15) is 5.26 Å². The highest BCUT2D eigenvalue weighted by molar-refractivity contribution is 7.16. The van der Waals surface area contributed by atoms with Crippen molar-refractivity contribution in [2.45, 2.75) is 25.7 Å². The number of nitriles is 1. The highest BCUT2D eigenvalue weighted by Crippen LogP contribution is 2.39. The van der Waals surface area contributed by atoms with Crippen LogP contribution in [0.25, 0.3) is 0 Å². The van der Waals surface area contributed by atoms with Gasteiger partial charge in [0.1, 0.15) is 16.1 Å². The molecule has 1 aromatic heterocycles. The second kappa shape index (κ2) is 6.89. The molecule has 0 saturated carbocycles. The van der Waals surface area contributed by atoms with E-state index in [1.807, 2.05) is 0 Å². The summed E-state index contributed by atoms with van der Waals surface area (Å²) in [7, 11) is 0. The molecule has 0 amide bonds. The number of rotatable bonds is 3. The first-order valence-corrected chi connectivity index (χ1v) is 8.80. The van der Waals surface area contributed by atoms with E-state index in [2.05, 4.69) is 11.1 Å². The SMILES string of the molecule is N#Cc1c(N=Cc2cc([N+](=O)[O-])c(Cl)cc2Cl)sc2c1CCCC2. The van der Waals surface area contributed by atoms with Gasteiger partial charge in [-0.15, -0.1) is 11.3 Å². The fourth-order valence-electron chi connectivity index (χ4n) is 2.68. The van der Waals surface area contributed by atoms with Crippen LogP contribution in [0, 0.1) is 21.4 Å². The zero-order valence-corrected chi connectivity index (χ0v) is 14.7. The molecule has 1 aliphatic carbocycles. The van der Waals surface area contributed by atoms with E-state index in [9.17, 15) is 15.4 Å². The Hall–Kier alpha value is -1.94. The quantitative estimate of drug-likeness (QED) is 0.403. The van der Waals surface area contributed by atoms with E-state index >= 15 is 0 Å². The van der Waals surface area contributed by atoms with Crippen molar-refractivity contribution in [1.82, 2.24) is 0 Å². The summed E-state index contributed by atoms with van der Waals surface area (Å²) in [5, 5.41) is 21.3. The maximum absolute atomic E-state index is 11.0. The Morgan fingerprint density at radius 2 is 2.04 bits per heavy atom. The Labute approximate surface area is 152 Å². The Morgan fingerprint density at radius 3 is 2.75 bits per heavy atom. The lowest BCUT2D eigenvalue weighted by molar-refractivity contribution is -0.384. The van der Waals surface area contributed by atoms with Crippen LogP contribution >= 0.6 is 34.5 Å². The lowest BCUT2D eigenvalue weighted by atomic mass is 9.96. The number of nitro groups is 1. The molecule has 0 unspecified atom stereocenters. The average Bonchev–Trinajstić information content (AvgIpc) is 2.91. The molecule has 0 N–H and O–H groups in total. The van der Waals surface area contributed by atoms with Gasteiger partial charge >= 0.3 is 0 Å². The van der Waals surface area contributed by atoms with E-state index in [0.29, 0.717) is 16.1 Å². The standard InChI is InChI=1S/C16H11Cl2N3O2S/c17-12-6-13(18)14(21(22)23)5-9(12)8-20-16-11(7-19)10-3-1-2-4-15(10)24-16/h5-6,8H,1-4H2. The molecule has 0 radical (unpaired) electrons. The molecular weight excluding hydrogens is 369 g/mol. The predicted octanol–water partition coefficient (Wildman–Crippen LogP) is 5.46. The first kappa shape index (κ1) is 16.9. The zero-order chi connectivity index (χ0) is 17.3. The highest BCUT2D eigenvalue weighted by Gasteiger charge is 2.20. The van der Waals surface area contributed by atoms with Crippen molar-refractivity contribution < 1.29 is 4.92 Å². The van der Waals surface area contributed by atoms with Gasteiger partial charge in [0, 0.05) is 22.7 Å². The molecular formula is C16H11Cl2N3O2S. The van der Waals surface area contributed by atoms with Crippen LogP contribution in [0.3, 0.4) is 0 Å². The molecule has 0 atom stereocenters. The molecule has 0 aliphatic heterocycles. The number of nitro benzene ring substituents is 1. The summed E-state index contributed by atoms with van der Waals surface area (Å²) < 4.78 is 0. The fourth-order valence-corrected chi connectivity index (χ4v) is 4.36. The van der Waals surface area contributed by atoms with E-state index in [1.165, 1.54) is 34.6 Å². The average molecular weight is 380 g/mol. The van der Waals surface area contributed by atoms with Crippen LogP contribution in [0.5, 0.6) is 0 Å². The number of benzene rings is 1. The fraction of sp³-hybridized carbons (Fsp3) is 0.250. The summed E-state index contributed by atoms with van der Waals surface area (Å²) in [6.45, 7) is 0. The molecule has 1 aliphatic rings. The second-order valence-electron chi connectivity index (χ2n) is 5.34. The molecule has 0 saturated heterocycles. The number of thiophene rings is 1. The van der Waals surface area contributed by atoms with E-state index in [0.717, 1.165) is 31.2 Å². The van der Waals surface area contributed by atoms with Gasteiger partial charge in [-0.05, 0) is 37.3 Å². The van der Waals surface area contributed by atoms with Crippen LogP contribution in [-0.4, -0.2) is 11.1 Å². The van der Waals surface area contributed by atoms with Gasteiger partial charge in [-0.3, -0.25) is 10.1 Å². The van der Waals surface area contributed by atoms with Gasteiger partial charge in [0.15, 0.2) is 0 Å². The minimum atomic E-state index is -0.569. The Kier molecular flexibility index (Phi) is 4.86. The topological polar surface area (TPSA) is 79.3 Å². The molecule has 2 aromatic rings. The van der Waals surface area contributed by atoms with Gasteiger partial charge in [-0.25, -0.2) is 4.99 Å². The van der Waals surface area contributed by atoms with E-state index in [-0.39, 0.29) is 15.7 Å². The number of hydrogen-bond acceptors (Lipinski definition) is 5. The third-order valence-electron chi connectivity index (χ3n) is 3.85. The van der Waals surface area contributed by atoms with Crippen molar-refractivity contribution in [1.29, 1.82) is 5.26 Å². The molecule has 1 aromatic carbocycles.